The summed E-state index contributed by atoms with van der Waals surface area (Å²) in [7, 11) is 0. The molecular formula is C32H44F6O3. The molecule has 1 aromatic rings. The zero-order valence-electron chi connectivity index (χ0n) is 25.0. The van der Waals surface area contributed by atoms with E-state index in [9.17, 15) is 36.2 Å². The molecule has 7 unspecified atom stereocenters. The van der Waals surface area contributed by atoms with E-state index in [-0.39, 0.29) is 29.6 Å². The van der Waals surface area contributed by atoms with E-state index in [0.29, 0.717) is 30.2 Å². The van der Waals surface area contributed by atoms with Crippen LogP contribution in [0.3, 0.4) is 0 Å². The maximum atomic E-state index is 13.6. The molecule has 4 aliphatic carbocycles. The molecule has 4 fully saturated rings. The summed E-state index contributed by atoms with van der Waals surface area (Å²) in [6.07, 6.45) is -6.85. The van der Waals surface area contributed by atoms with E-state index in [4.69, 9.17) is 4.74 Å². The molecule has 4 aliphatic rings. The minimum absolute atomic E-state index is 0.0160. The Bertz CT molecular complexity index is 1110. The number of benzene rings is 1. The van der Waals surface area contributed by atoms with Crippen molar-refractivity contribution >= 4 is 5.97 Å². The van der Waals surface area contributed by atoms with Gasteiger partial charge in [-0.25, -0.2) is 0 Å². The molecule has 0 heterocycles. The van der Waals surface area contributed by atoms with Gasteiger partial charge in [0.05, 0.1) is 5.41 Å². The Balaban J connectivity index is 1.79. The molecule has 9 heteroatoms. The van der Waals surface area contributed by atoms with E-state index in [1.54, 1.807) is 0 Å². The molecule has 0 saturated heterocycles. The van der Waals surface area contributed by atoms with Crippen LogP contribution >= 0.6 is 0 Å². The fraction of sp³-hybridized carbons (Fsp3) is 0.781. The van der Waals surface area contributed by atoms with Crippen molar-refractivity contribution < 1.29 is 41.0 Å². The highest BCUT2D eigenvalue weighted by Crippen LogP contribution is 2.68. The largest absolute Gasteiger partial charge is 0.458 e. The third-order valence-electron chi connectivity index (χ3n) is 11.4. The fourth-order valence-electron chi connectivity index (χ4n) is 8.74. The van der Waals surface area contributed by atoms with Crippen molar-refractivity contribution in [2.24, 2.45) is 40.9 Å². The van der Waals surface area contributed by atoms with Gasteiger partial charge in [0.1, 0.15) is 5.60 Å². The van der Waals surface area contributed by atoms with E-state index in [2.05, 4.69) is 13.8 Å². The smallest absolute Gasteiger partial charge is 0.430 e. The molecule has 0 aromatic heterocycles. The third-order valence-corrected chi connectivity index (χ3v) is 11.4. The minimum atomic E-state index is -5.94. The Morgan fingerprint density at radius 2 is 1.44 bits per heavy atom. The van der Waals surface area contributed by atoms with Gasteiger partial charge in [-0.05, 0) is 92.9 Å². The molecule has 41 heavy (non-hydrogen) atoms. The van der Waals surface area contributed by atoms with Crippen LogP contribution in [0.2, 0.25) is 0 Å². The van der Waals surface area contributed by atoms with Gasteiger partial charge in [0.2, 0.25) is 0 Å². The maximum Gasteiger partial charge on any atom is 0.430 e. The SMILES string of the molecule is CCC(C)(C)C(=O)OC1(C(C)C)C2CC3CC(C2)C(C(C)(CC)c2ccc(C(O)(C(F)(F)F)C(F)(F)F)cc2)C1C3. The van der Waals surface area contributed by atoms with Crippen molar-refractivity contribution in [2.75, 3.05) is 0 Å². The molecule has 1 N–H and O–H groups in total. The molecule has 0 aliphatic heterocycles. The molecule has 0 amide bonds. The quantitative estimate of drug-likeness (QED) is 0.243. The average molecular weight is 591 g/mol. The maximum absolute atomic E-state index is 13.6. The second kappa shape index (κ2) is 10.2. The zero-order chi connectivity index (χ0) is 31.0. The van der Waals surface area contributed by atoms with Crippen LogP contribution in [0.1, 0.15) is 98.1 Å². The van der Waals surface area contributed by atoms with E-state index >= 15 is 0 Å². The Kier molecular flexibility index (Phi) is 7.96. The number of esters is 1. The monoisotopic (exact) mass is 590 g/mol. The van der Waals surface area contributed by atoms with Gasteiger partial charge in [-0.15, -0.1) is 0 Å². The van der Waals surface area contributed by atoms with Crippen LogP contribution in [0.25, 0.3) is 0 Å². The van der Waals surface area contributed by atoms with E-state index in [0.717, 1.165) is 37.8 Å². The van der Waals surface area contributed by atoms with Crippen molar-refractivity contribution in [1.82, 2.24) is 0 Å². The van der Waals surface area contributed by atoms with Crippen molar-refractivity contribution in [1.29, 1.82) is 0 Å². The van der Waals surface area contributed by atoms with Crippen LogP contribution in [0, 0.1) is 40.9 Å². The Morgan fingerprint density at radius 1 is 0.902 bits per heavy atom. The van der Waals surface area contributed by atoms with E-state index < -0.39 is 39.9 Å². The molecular weight excluding hydrogens is 546 g/mol. The lowest BCUT2D eigenvalue weighted by Crippen LogP contribution is -2.68. The molecule has 4 bridgehead atoms. The number of rotatable bonds is 8. The second-order valence-electron chi connectivity index (χ2n) is 14.1. The van der Waals surface area contributed by atoms with E-state index in [1.807, 2.05) is 34.6 Å². The van der Waals surface area contributed by atoms with Gasteiger partial charge in [-0.1, -0.05) is 58.9 Å². The highest BCUT2D eigenvalue weighted by atomic mass is 19.4. The lowest BCUT2D eigenvalue weighted by Gasteiger charge is -2.68. The van der Waals surface area contributed by atoms with Gasteiger partial charge < -0.3 is 9.84 Å². The Hall–Kier alpha value is -1.77. The number of carbonyl (C=O) groups excluding carboxylic acids is 1. The standard InChI is InChI=1S/C32H44F6O3/c1-8-27(5,6)26(39)41-29(18(3)4)23-15-19-14-20(17-23)25(24(29)16-19)28(7,9-2)21-10-12-22(13-11-21)30(40,31(33,34)35)32(36,37)38/h10-13,18-20,23-25,40H,8-9,14-17H2,1-7H3. The third kappa shape index (κ3) is 4.71. The van der Waals surface area contributed by atoms with E-state index in [1.165, 1.54) is 12.1 Å². The lowest BCUT2D eigenvalue weighted by atomic mass is 9.39. The first-order valence-electron chi connectivity index (χ1n) is 14.9. The van der Waals surface area contributed by atoms with Crippen LogP contribution in [-0.4, -0.2) is 29.0 Å². The molecule has 5 rings (SSSR count). The molecule has 7 atom stereocenters. The first-order valence-corrected chi connectivity index (χ1v) is 14.9. The summed E-state index contributed by atoms with van der Waals surface area (Å²) in [5.74, 6) is 0.901. The lowest BCUT2D eigenvalue weighted by molar-refractivity contribution is -0.376. The number of halogens is 6. The summed E-state index contributed by atoms with van der Waals surface area (Å²) < 4.78 is 87.9. The van der Waals surface area contributed by atoms with Crippen molar-refractivity contribution in [3.8, 4) is 0 Å². The summed E-state index contributed by atoms with van der Waals surface area (Å²) in [5, 5.41) is 9.92. The number of ether oxygens (including phenoxy) is 1. The second-order valence-corrected chi connectivity index (χ2v) is 14.1. The Labute approximate surface area is 239 Å². The summed E-state index contributed by atoms with van der Waals surface area (Å²) in [6, 6.07) is 4.16. The topological polar surface area (TPSA) is 46.5 Å². The number of carbonyl (C=O) groups is 1. The van der Waals surface area contributed by atoms with Crippen molar-refractivity contribution in [2.45, 2.75) is 116 Å². The molecule has 0 spiro atoms. The zero-order valence-corrected chi connectivity index (χ0v) is 25.0. The first-order chi connectivity index (χ1) is 18.7. The van der Waals surface area contributed by atoms with Gasteiger partial charge in [-0.2, -0.15) is 26.3 Å². The highest BCUT2D eigenvalue weighted by molar-refractivity contribution is 5.76. The number of hydrogen-bond donors (Lipinski definition) is 1. The normalized spacial score (nSPS) is 31.8. The van der Waals surface area contributed by atoms with Gasteiger partial charge in [0.25, 0.3) is 5.60 Å². The molecule has 4 saturated carbocycles. The van der Waals surface area contributed by atoms with Crippen molar-refractivity contribution in [3.05, 3.63) is 35.4 Å². The predicted octanol–water partition coefficient (Wildman–Crippen LogP) is 8.72. The van der Waals surface area contributed by atoms with Gasteiger partial charge in [0, 0.05) is 11.5 Å². The average Bonchev–Trinajstić information content (AvgIpc) is 2.88. The van der Waals surface area contributed by atoms with Crippen LogP contribution in [0.15, 0.2) is 24.3 Å². The molecule has 1 aromatic carbocycles. The molecule has 0 radical (unpaired) electrons. The number of hydrogen-bond acceptors (Lipinski definition) is 3. The number of alkyl halides is 6. The predicted molar refractivity (Wildman–Crippen MR) is 144 cm³/mol. The first kappa shape index (κ1) is 32.2. The summed E-state index contributed by atoms with van der Waals surface area (Å²) in [4.78, 5) is 13.6. The van der Waals surface area contributed by atoms with Gasteiger partial charge in [-0.3, -0.25) is 4.79 Å². The number of aliphatic hydroxyl groups is 1. The minimum Gasteiger partial charge on any atom is -0.458 e. The van der Waals surface area contributed by atoms with Crippen LogP contribution in [0.4, 0.5) is 26.3 Å². The molecule has 232 valence electrons. The van der Waals surface area contributed by atoms with Crippen LogP contribution in [-0.2, 0) is 20.5 Å². The van der Waals surface area contributed by atoms with Gasteiger partial charge in [0.15, 0.2) is 0 Å². The highest BCUT2D eigenvalue weighted by Gasteiger charge is 2.72. The molecule has 3 nitrogen and oxygen atoms in total. The van der Waals surface area contributed by atoms with Gasteiger partial charge >= 0.3 is 18.3 Å². The Morgan fingerprint density at radius 3 is 1.90 bits per heavy atom. The summed E-state index contributed by atoms with van der Waals surface area (Å²) >= 11 is 0. The summed E-state index contributed by atoms with van der Waals surface area (Å²) in [5.41, 5.74) is -7.52. The van der Waals surface area contributed by atoms with Crippen LogP contribution < -0.4 is 0 Å². The van der Waals surface area contributed by atoms with Crippen LogP contribution in [0.5, 0.6) is 0 Å². The van der Waals surface area contributed by atoms with Crippen molar-refractivity contribution in [3.63, 3.8) is 0 Å². The fourth-order valence-corrected chi connectivity index (χ4v) is 8.74. The summed E-state index contributed by atoms with van der Waals surface area (Å²) in [6.45, 7) is 14.0.